The summed E-state index contributed by atoms with van der Waals surface area (Å²) < 4.78 is 16.3. The lowest BCUT2D eigenvalue weighted by molar-refractivity contribution is 0.0448. The smallest absolute Gasteiger partial charge is 0.274 e. The van der Waals surface area contributed by atoms with Crippen LogP contribution in [0.5, 0.6) is 0 Å². The molecule has 162 valence electrons. The van der Waals surface area contributed by atoms with E-state index in [4.69, 9.17) is 0 Å². The van der Waals surface area contributed by atoms with Gasteiger partial charge in [0.25, 0.3) is 11.5 Å². The first-order chi connectivity index (χ1) is 15.0. The van der Waals surface area contributed by atoms with Gasteiger partial charge in [-0.3, -0.25) is 9.59 Å². The molecule has 10 nitrogen and oxygen atoms in total. The molecular formula is C20H22FN7O3. The number of rotatable bonds is 6. The van der Waals surface area contributed by atoms with Crippen molar-refractivity contribution < 1.29 is 14.3 Å². The van der Waals surface area contributed by atoms with E-state index in [0.717, 1.165) is 6.42 Å². The molecular weight excluding hydrogens is 405 g/mol. The van der Waals surface area contributed by atoms with Crippen LogP contribution in [0.4, 0.5) is 21.7 Å². The van der Waals surface area contributed by atoms with Crippen LogP contribution in [0.2, 0.25) is 0 Å². The largest absolute Gasteiger partial charge is 0.391 e. The van der Waals surface area contributed by atoms with Crippen LogP contribution in [-0.2, 0) is 0 Å². The van der Waals surface area contributed by atoms with Crippen LogP contribution >= 0.6 is 0 Å². The Balaban J connectivity index is 1.48. The highest BCUT2D eigenvalue weighted by molar-refractivity contribution is 6.00. The SMILES string of the molecule is CNc1cc(Nc2cccn([C@H]3C[C@@H]3F)c2=O)nc2c(C(=O)N[C@@H]3CC[C@H]3O)cnn12. The molecule has 0 aromatic carbocycles. The third-order valence-corrected chi connectivity index (χ3v) is 5.80. The summed E-state index contributed by atoms with van der Waals surface area (Å²) in [5.41, 5.74) is 0.459. The van der Waals surface area contributed by atoms with Gasteiger partial charge in [-0.2, -0.15) is 9.61 Å². The zero-order valence-electron chi connectivity index (χ0n) is 16.7. The number of hydrogen-bond acceptors (Lipinski definition) is 7. The molecule has 0 bridgehead atoms. The predicted octanol–water partition coefficient (Wildman–Crippen LogP) is 1.21. The standard InChI is InChI=1S/C20H22FN7O3/c1-22-17-8-16(24-13-3-2-6-27(20(13)31)14-7-11(14)21)26-18-10(9-23-28(17)18)19(30)25-12-4-5-15(12)29/h2-3,6,8-9,11-12,14-15,22,29H,4-5,7H2,1H3,(H,24,26)(H,25,30)/t11-,12+,14-,15+/m0/s1. The van der Waals surface area contributed by atoms with Crippen molar-refractivity contribution in [3.8, 4) is 0 Å². The third kappa shape index (κ3) is 3.40. The van der Waals surface area contributed by atoms with E-state index in [0.29, 0.717) is 30.1 Å². The molecule has 4 atom stereocenters. The van der Waals surface area contributed by atoms with Crippen LogP contribution in [0.25, 0.3) is 5.65 Å². The van der Waals surface area contributed by atoms with Gasteiger partial charge in [-0.15, -0.1) is 0 Å². The van der Waals surface area contributed by atoms with Crippen molar-refractivity contribution in [3.05, 3.63) is 46.5 Å². The van der Waals surface area contributed by atoms with E-state index in [2.05, 4.69) is 26.0 Å². The number of nitrogens with zero attached hydrogens (tertiary/aromatic N) is 4. The molecule has 0 aliphatic heterocycles. The first kappa shape index (κ1) is 19.5. The Morgan fingerprint density at radius 3 is 2.81 bits per heavy atom. The summed E-state index contributed by atoms with van der Waals surface area (Å²) in [6, 6.07) is 4.22. The molecule has 0 radical (unpaired) electrons. The number of aromatic nitrogens is 4. The number of aliphatic hydroxyl groups excluding tert-OH is 1. The van der Waals surface area contributed by atoms with Gasteiger partial charge in [0.2, 0.25) is 0 Å². The normalized spacial score (nSPS) is 24.5. The van der Waals surface area contributed by atoms with E-state index in [9.17, 15) is 19.1 Å². The molecule has 0 unspecified atom stereocenters. The Kier molecular flexibility index (Phi) is 4.62. The van der Waals surface area contributed by atoms with E-state index in [1.165, 1.54) is 15.3 Å². The Labute approximate surface area is 176 Å². The van der Waals surface area contributed by atoms with Gasteiger partial charge in [0.05, 0.1) is 24.4 Å². The van der Waals surface area contributed by atoms with Crippen molar-refractivity contribution in [2.45, 2.75) is 43.6 Å². The summed E-state index contributed by atoms with van der Waals surface area (Å²) in [6.45, 7) is 0. The highest BCUT2D eigenvalue weighted by Gasteiger charge is 2.39. The molecule has 4 N–H and O–H groups in total. The first-order valence-electron chi connectivity index (χ1n) is 10.1. The number of amides is 1. The molecule has 1 amide bonds. The number of aliphatic hydroxyl groups is 1. The molecule has 2 aliphatic rings. The number of halogens is 1. The zero-order valence-corrected chi connectivity index (χ0v) is 16.7. The van der Waals surface area contributed by atoms with Crippen LogP contribution in [0.1, 0.15) is 35.7 Å². The van der Waals surface area contributed by atoms with Gasteiger partial charge in [0.15, 0.2) is 5.65 Å². The Morgan fingerprint density at radius 1 is 1.35 bits per heavy atom. The number of carbonyl (C=O) groups excluding carboxylic acids is 1. The number of carbonyl (C=O) groups is 1. The van der Waals surface area contributed by atoms with E-state index < -0.39 is 18.3 Å². The lowest BCUT2D eigenvalue weighted by atomic mass is 9.89. The molecule has 2 fully saturated rings. The van der Waals surface area contributed by atoms with Crippen LogP contribution in [0.3, 0.4) is 0 Å². The number of nitrogens with one attached hydrogen (secondary N) is 3. The highest BCUT2D eigenvalue weighted by Crippen LogP contribution is 2.37. The fourth-order valence-electron chi connectivity index (χ4n) is 3.71. The minimum atomic E-state index is -1.000. The summed E-state index contributed by atoms with van der Waals surface area (Å²) in [5.74, 6) is 0.505. The van der Waals surface area contributed by atoms with E-state index in [-0.39, 0.29) is 28.8 Å². The Morgan fingerprint density at radius 2 is 2.16 bits per heavy atom. The molecule has 31 heavy (non-hydrogen) atoms. The van der Waals surface area contributed by atoms with Crippen molar-refractivity contribution in [1.82, 2.24) is 24.5 Å². The molecule has 3 aromatic rings. The first-order valence-corrected chi connectivity index (χ1v) is 10.1. The molecule has 2 saturated carbocycles. The summed E-state index contributed by atoms with van der Waals surface area (Å²) in [4.78, 5) is 29.9. The minimum absolute atomic E-state index is 0.253. The van der Waals surface area contributed by atoms with Crippen LogP contribution in [0, 0.1) is 0 Å². The van der Waals surface area contributed by atoms with Crippen molar-refractivity contribution in [2.75, 3.05) is 17.7 Å². The topological polar surface area (TPSA) is 126 Å². The van der Waals surface area contributed by atoms with Crippen LogP contribution in [-0.4, -0.2) is 55.5 Å². The number of fused-ring (bicyclic) bond motifs is 1. The number of alkyl halides is 1. The van der Waals surface area contributed by atoms with Crippen molar-refractivity contribution in [1.29, 1.82) is 0 Å². The van der Waals surface area contributed by atoms with E-state index in [1.54, 1.807) is 31.4 Å². The average molecular weight is 427 g/mol. The summed E-state index contributed by atoms with van der Waals surface area (Å²) >= 11 is 0. The number of hydrogen-bond donors (Lipinski definition) is 4. The monoisotopic (exact) mass is 427 g/mol. The maximum Gasteiger partial charge on any atom is 0.274 e. The van der Waals surface area contributed by atoms with E-state index in [1.807, 2.05) is 0 Å². The number of pyridine rings is 1. The second kappa shape index (κ2) is 7.34. The predicted molar refractivity (Wildman–Crippen MR) is 112 cm³/mol. The molecule has 5 rings (SSSR count). The van der Waals surface area contributed by atoms with Gasteiger partial charge >= 0.3 is 0 Å². The lowest BCUT2D eigenvalue weighted by Gasteiger charge is -2.32. The summed E-state index contributed by atoms with van der Waals surface area (Å²) in [6.07, 6.45) is 3.16. The van der Waals surface area contributed by atoms with Crippen molar-refractivity contribution in [2.24, 2.45) is 0 Å². The lowest BCUT2D eigenvalue weighted by Crippen LogP contribution is -2.50. The van der Waals surface area contributed by atoms with Crippen LogP contribution in [0.15, 0.2) is 35.4 Å². The molecule has 0 spiro atoms. The van der Waals surface area contributed by atoms with Gasteiger partial charge in [-0.25, -0.2) is 9.37 Å². The molecule has 0 saturated heterocycles. The van der Waals surface area contributed by atoms with Crippen molar-refractivity contribution >= 4 is 28.9 Å². The van der Waals surface area contributed by atoms with Gasteiger partial charge < -0.3 is 25.6 Å². The van der Waals surface area contributed by atoms with E-state index >= 15 is 0 Å². The third-order valence-electron chi connectivity index (χ3n) is 5.80. The van der Waals surface area contributed by atoms with Gasteiger partial charge in [-0.05, 0) is 25.0 Å². The molecule has 3 heterocycles. The van der Waals surface area contributed by atoms with Crippen LogP contribution < -0.4 is 21.5 Å². The van der Waals surface area contributed by atoms with Gasteiger partial charge in [-0.1, -0.05) is 0 Å². The molecule has 11 heteroatoms. The highest BCUT2D eigenvalue weighted by atomic mass is 19.1. The summed E-state index contributed by atoms with van der Waals surface area (Å²) in [5, 5.41) is 22.7. The van der Waals surface area contributed by atoms with Gasteiger partial charge in [0.1, 0.15) is 29.1 Å². The second-order valence-corrected chi connectivity index (χ2v) is 7.87. The maximum absolute atomic E-state index is 13.4. The second-order valence-electron chi connectivity index (χ2n) is 7.87. The Hall–Kier alpha value is -3.47. The fourth-order valence-corrected chi connectivity index (χ4v) is 3.71. The van der Waals surface area contributed by atoms with Gasteiger partial charge in [0, 0.05) is 25.7 Å². The number of anilines is 3. The summed E-state index contributed by atoms with van der Waals surface area (Å²) in [7, 11) is 1.70. The fraction of sp³-hybridized carbons (Fsp3) is 0.400. The quantitative estimate of drug-likeness (QED) is 0.466. The maximum atomic E-state index is 13.4. The minimum Gasteiger partial charge on any atom is -0.391 e. The molecule has 3 aromatic heterocycles. The average Bonchev–Trinajstić information content (AvgIpc) is 3.32. The molecule has 2 aliphatic carbocycles. The Bertz CT molecular complexity index is 1220. The van der Waals surface area contributed by atoms with Crippen molar-refractivity contribution in [3.63, 3.8) is 0 Å². The zero-order chi connectivity index (χ0) is 21.7.